The number of Topliss-reactive ketones (excluding diaryl/α,β-unsaturated/α-hetero) is 1. The number of rotatable bonds is 7. The fourth-order valence-corrected chi connectivity index (χ4v) is 7.86. The van der Waals surface area contributed by atoms with E-state index in [1.54, 1.807) is 11.8 Å². The van der Waals surface area contributed by atoms with Gasteiger partial charge >= 0.3 is 0 Å². The lowest BCUT2D eigenvalue weighted by Gasteiger charge is -2.29. The van der Waals surface area contributed by atoms with Gasteiger partial charge in [0.1, 0.15) is 11.7 Å². The molecule has 2 saturated heterocycles. The van der Waals surface area contributed by atoms with E-state index in [1.807, 2.05) is 0 Å². The lowest BCUT2D eigenvalue weighted by atomic mass is 9.91. The molecule has 3 N–H and O–H groups in total. The molecule has 10 nitrogen and oxygen atoms in total. The van der Waals surface area contributed by atoms with E-state index >= 15 is 0 Å². The minimum atomic E-state index is -3.38. The molecular formula is C24H32N4O6S. The summed E-state index contributed by atoms with van der Waals surface area (Å²) in [6, 6.07) is -0.113. The van der Waals surface area contributed by atoms with E-state index in [2.05, 4.69) is 15.6 Å². The summed E-state index contributed by atoms with van der Waals surface area (Å²) >= 11 is 0. The van der Waals surface area contributed by atoms with Gasteiger partial charge in [-0.3, -0.25) is 19.2 Å². The Bertz CT molecular complexity index is 1170. The molecule has 3 aliphatic heterocycles. The number of carbonyl (C=O) groups excluding carboxylic acids is 4. The van der Waals surface area contributed by atoms with Gasteiger partial charge < -0.3 is 20.5 Å². The number of H-pyrrole nitrogens is 1. The van der Waals surface area contributed by atoms with Gasteiger partial charge in [0.25, 0.3) is 5.91 Å². The highest BCUT2D eigenvalue weighted by molar-refractivity contribution is 7.91. The average Bonchev–Trinajstić information content (AvgIpc) is 3.61. The number of ketones is 1. The van der Waals surface area contributed by atoms with Crippen LogP contribution in [0.15, 0.2) is 11.0 Å². The quantitative estimate of drug-likeness (QED) is 0.495. The van der Waals surface area contributed by atoms with E-state index in [9.17, 15) is 27.6 Å². The Kier molecular flexibility index (Phi) is 6.23. The Balaban J connectivity index is 1.37. The number of hydrogen-bond acceptors (Lipinski definition) is 6. The van der Waals surface area contributed by atoms with E-state index in [4.69, 9.17) is 0 Å². The van der Waals surface area contributed by atoms with Gasteiger partial charge in [0.15, 0.2) is 15.6 Å². The number of aryl methyl sites for hydroxylation is 1. The van der Waals surface area contributed by atoms with E-state index in [0.717, 1.165) is 19.3 Å². The first-order valence-electron chi connectivity index (χ1n) is 12.6. The molecule has 1 aromatic heterocycles. The van der Waals surface area contributed by atoms with Crippen LogP contribution in [0.1, 0.15) is 61.6 Å². The molecule has 3 fully saturated rings. The summed E-state index contributed by atoms with van der Waals surface area (Å²) in [7, 11) is -3.38. The van der Waals surface area contributed by atoms with Crippen molar-refractivity contribution in [1.29, 1.82) is 0 Å². The third kappa shape index (κ3) is 4.28. The molecule has 4 aliphatic rings. The normalized spacial score (nSPS) is 29.5. The largest absolute Gasteiger partial charge is 0.356 e. The van der Waals surface area contributed by atoms with Crippen LogP contribution in [0, 0.1) is 17.8 Å². The molecular weight excluding hydrogens is 472 g/mol. The Hall–Kier alpha value is -2.69. The Labute approximate surface area is 204 Å². The molecule has 4 heterocycles. The fourth-order valence-electron chi connectivity index (χ4n) is 6.34. The molecule has 1 aromatic rings. The van der Waals surface area contributed by atoms with Crippen molar-refractivity contribution < 1.29 is 27.6 Å². The number of amides is 3. The number of aromatic amines is 1. The number of sulfone groups is 1. The molecule has 5 rings (SSSR count). The maximum atomic E-state index is 13.6. The maximum Gasteiger partial charge on any atom is 0.271 e. The van der Waals surface area contributed by atoms with Crippen molar-refractivity contribution >= 4 is 33.3 Å². The number of hydrogen-bond donors (Lipinski definition) is 3. The molecule has 0 spiro atoms. The molecule has 5 unspecified atom stereocenters. The number of likely N-dealkylation sites (tertiary alicyclic amines) is 1. The minimum absolute atomic E-state index is 0.00310. The Morgan fingerprint density at radius 3 is 2.71 bits per heavy atom. The summed E-state index contributed by atoms with van der Waals surface area (Å²) in [6.07, 6.45) is 4.18. The summed E-state index contributed by atoms with van der Waals surface area (Å²) < 4.78 is 24.5. The second kappa shape index (κ2) is 9.07. The zero-order valence-corrected chi connectivity index (χ0v) is 20.7. The standard InChI is InChI=1S/C24H32N4O6S/c1-2-19(29)17(10-13-6-8-25-22(13)30)27-23(31)21-15-5-3-4-14(15)12-28(21)24(32)18-11-20-16(26-18)7-9-35(20,33)34/h11,13-15,17,21,26H,2-10,12H2,1H3,(H,25,30)(H,27,31). The first-order chi connectivity index (χ1) is 16.7. The van der Waals surface area contributed by atoms with Gasteiger partial charge in [-0.05, 0) is 43.6 Å². The molecule has 1 aliphatic carbocycles. The van der Waals surface area contributed by atoms with Gasteiger partial charge in [-0.1, -0.05) is 13.3 Å². The summed E-state index contributed by atoms with van der Waals surface area (Å²) in [4.78, 5) is 56.6. The molecule has 0 radical (unpaired) electrons. The monoisotopic (exact) mass is 504 g/mol. The van der Waals surface area contributed by atoms with Crippen molar-refractivity contribution in [2.75, 3.05) is 18.8 Å². The van der Waals surface area contributed by atoms with Gasteiger partial charge in [-0.2, -0.15) is 0 Å². The number of fused-ring (bicyclic) bond motifs is 2. The van der Waals surface area contributed by atoms with Crippen LogP contribution < -0.4 is 10.6 Å². The topological polar surface area (TPSA) is 146 Å². The van der Waals surface area contributed by atoms with Gasteiger partial charge in [-0.25, -0.2) is 8.42 Å². The van der Waals surface area contributed by atoms with Crippen molar-refractivity contribution in [2.45, 2.75) is 68.8 Å². The maximum absolute atomic E-state index is 13.6. The van der Waals surface area contributed by atoms with Crippen LogP contribution in [0.3, 0.4) is 0 Å². The fraction of sp³-hybridized carbons (Fsp3) is 0.667. The second-order valence-electron chi connectivity index (χ2n) is 10.2. The van der Waals surface area contributed by atoms with Crippen LogP contribution in [-0.4, -0.2) is 72.7 Å². The molecule has 11 heteroatoms. The van der Waals surface area contributed by atoms with Gasteiger partial charge in [0.2, 0.25) is 11.8 Å². The molecule has 35 heavy (non-hydrogen) atoms. The predicted octanol–water partition coefficient (Wildman–Crippen LogP) is 0.575. The van der Waals surface area contributed by atoms with E-state index < -0.39 is 27.8 Å². The number of carbonyl (C=O) groups is 4. The molecule has 3 amide bonds. The number of nitrogens with one attached hydrogen (secondary N) is 3. The molecule has 1 saturated carbocycles. The molecule has 190 valence electrons. The zero-order chi connectivity index (χ0) is 24.9. The van der Waals surface area contributed by atoms with Crippen LogP contribution in [-0.2, 0) is 30.6 Å². The highest BCUT2D eigenvalue weighted by Crippen LogP contribution is 2.43. The van der Waals surface area contributed by atoms with E-state index in [-0.39, 0.29) is 64.5 Å². The lowest BCUT2D eigenvalue weighted by molar-refractivity contribution is -0.132. The minimum Gasteiger partial charge on any atom is -0.356 e. The van der Waals surface area contributed by atoms with Crippen molar-refractivity contribution in [1.82, 2.24) is 20.5 Å². The Morgan fingerprint density at radius 1 is 1.23 bits per heavy atom. The van der Waals surface area contributed by atoms with Crippen molar-refractivity contribution in [2.24, 2.45) is 17.8 Å². The SMILES string of the molecule is CCC(=O)C(CC1CCNC1=O)NC(=O)C1C2CCCC2CN1C(=O)c1cc2c([nH]1)CCS2(=O)=O. The van der Waals surface area contributed by atoms with Gasteiger partial charge in [0.05, 0.1) is 16.7 Å². The molecule has 0 aromatic carbocycles. The summed E-state index contributed by atoms with van der Waals surface area (Å²) in [6.45, 7) is 2.72. The Morgan fingerprint density at radius 2 is 2.03 bits per heavy atom. The molecule has 0 bridgehead atoms. The number of aromatic nitrogens is 1. The smallest absolute Gasteiger partial charge is 0.271 e. The van der Waals surface area contributed by atoms with Crippen LogP contribution in [0.2, 0.25) is 0 Å². The van der Waals surface area contributed by atoms with Crippen molar-refractivity contribution in [3.63, 3.8) is 0 Å². The summed E-state index contributed by atoms with van der Waals surface area (Å²) in [5, 5.41) is 5.66. The number of nitrogens with zero attached hydrogens (tertiary/aromatic N) is 1. The van der Waals surface area contributed by atoms with Crippen LogP contribution in [0.25, 0.3) is 0 Å². The average molecular weight is 505 g/mol. The molecule has 5 atom stereocenters. The summed E-state index contributed by atoms with van der Waals surface area (Å²) in [5.41, 5.74) is 0.719. The first-order valence-corrected chi connectivity index (χ1v) is 14.2. The van der Waals surface area contributed by atoms with Crippen LogP contribution in [0.5, 0.6) is 0 Å². The van der Waals surface area contributed by atoms with Crippen LogP contribution >= 0.6 is 0 Å². The third-order valence-electron chi connectivity index (χ3n) is 8.20. The van der Waals surface area contributed by atoms with E-state index in [1.165, 1.54) is 6.07 Å². The lowest BCUT2D eigenvalue weighted by Crippen LogP contribution is -2.53. The highest BCUT2D eigenvalue weighted by Gasteiger charge is 2.50. The second-order valence-corrected chi connectivity index (χ2v) is 12.3. The zero-order valence-electron chi connectivity index (χ0n) is 19.8. The van der Waals surface area contributed by atoms with Crippen molar-refractivity contribution in [3.8, 4) is 0 Å². The van der Waals surface area contributed by atoms with Gasteiger partial charge in [-0.15, -0.1) is 0 Å². The predicted molar refractivity (Wildman–Crippen MR) is 125 cm³/mol. The summed E-state index contributed by atoms with van der Waals surface area (Å²) in [5.74, 6) is -1.09. The van der Waals surface area contributed by atoms with Crippen LogP contribution in [0.4, 0.5) is 0 Å². The highest BCUT2D eigenvalue weighted by atomic mass is 32.2. The van der Waals surface area contributed by atoms with Gasteiger partial charge in [0, 0.05) is 37.5 Å². The first kappa shape index (κ1) is 24.0. The third-order valence-corrected chi connectivity index (χ3v) is 9.98. The van der Waals surface area contributed by atoms with Crippen molar-refractivity contribution in [3.05, 3.63) is 17.5 Å². The van der Waals surface area contributed by atoms with E-state index in [0.29, 0.717) is 31.6 Å².